The lowest BCUT2D eigenvalue weighted by atomic mass is 10.1. The third kappa shape index (κ3) is 3.04. The average molecular weight is 382 g/mol. The van der Waals surface area contributed by atoms with Gasteiger partial charge in [0.25, 0.3) is 5.56 Å². The topological polar surface area (TPSA) is 83.5 Å². The van der Waals surface area contributed by atoms with Crippen molar-refractivity contribution in [2.24, 2.45) is 7.05 Å². The first-order valence-corrected chi connectivity index (χ1v) is 9.33. The predicted molar refractivity (Wildman–Crippen MR) is 113 cm³/mol. The van der Waals surface area contributed by atoms with Crippen LogP contribution in [-0.2, 0) is 13.5 Å². The first-order valence-electron chi connectivity index (χ1n) is 9.33. The van der Waals surface area contributed by atoms with Crippen LogP contribution < -0.4 is 5.56 Å². The molecule has 0 fully saturated rings. The summed E-state index contributed by atoms with van der Waals surface area (Å²) in [6.07, 6.45) is 2.07. The number of aromatic amines is 2. The standard InChI is InChI=1S/C23H18N4O2/c1-27-8-7-15(12-22(27)29)23-17-10-16-11-20(24-18(16)13-19(17)25-26-23)21(28)9-14-5-3-2-4-6-14/h2-8,10-13,25-26H,9H2,1H3. The van der Waals surface area contributed by atoms with E-state index < -0.39 is 0 Å². The minimum Gasteiger partial charge on any atom is -0.319 e. The van der Waals surface area contributed by atoms with E-state index in [1.807, 2.05) is 54.6 Å². The number of benzene rings is 2. The second-order valence-corrected chi connectivity index (χ2v) is 7.17. The summed E-state index contributed by atoms with van der Waals surface area (Å²) in [7, 11) is 1.72. The molecule has 0 atom stereocenters. The highest BCUT2D eigenvalue weighted by atomic mass is 16.1. The van der Waals surface area contributed by atoms with Crippen LogP contribution >= 0.6 is 0 Å². The molecule has 142 valence electrons. The molecule has 0 aliphatic carbocycles. The Bertz CT molecular complexity index is 1420. The van der Waals surface area contributed by atoms with E-state index in [2.05, 4.69) is 15.2 Å². The highest BCUT2D eigenvalue weighted by molar-refractivity contribution is 6.05. The largest absolute Gasteiger partial charge is 0.319 e. The molecule has 6 heteroatoms. The molecular formula is C23H18N4O2. The van der Waals surface area contributed by atoms with E-state index in [1.165, 1.54) is 4.57 Å². The van der Waals surface area contributed by atoms with Gasteiger partial charge in [0, 0.05) is 42.1 Å². The molecule has 0 aliphatic rings. The van der Waals surface area contributed by atoms with Crippen molar-refractivity contribution in [3.8, 4) is 11.3 Å². The lowest BCUT2D eigenvalue weighted by Gasteiger charge is -2.01. The number of hydrogen-bond acceptors (Lipinski definition) is 3. The van der Waals surface area contributed by atoms with Gasteiger partial charge in [-0.05, 0) is 29.8 Å². The number of hydrogen-bond donors (Lipinski definition) is 2. The van der Waals surface area contributed by atoms with Gasteiger partial charge in [0.15, 0.2) is 5.78 Å². The van der Waals surface area contributed by atoms with Crippen LogP contribution in [0.25, 0.3) is 33.1 Å². The summed E-state index contributed by atoms with van der Waals surface area (Å²) in [5, 5.41) is 8.12. The third-order valence-corrected chi connectivity index (χ3v) is 5.18. The van der Waals surface area contributed by atoms with Gasteiger partial charge in [-0.15, -0.1) is 0 Å². The number of fused-ring (bicyclic) bond motifs is 2. The lowest BCUT2D eigenvalue weighted by Crippen LogP contribution is -2.14. The van der Waals surface area contributed by atoms with Crippen LogP contribution in [0.5, 0.6) is 0 Å². The van der Waals surface area contributed by atoms with E-state index in [-0.39, 0.29) is 11.3 Å². The smallest absolute Gasteiger partial charge is 0.250 e. The number of aromatic nitrogens is 4. The Kier molecular flexibility index (Phi) is 3.91. The maximum atomic E-state index is 12.7. The van der Waals surface area contributed by atoms with Crippen molar-refractivity contribution in [3.63, 3.8) is 0 Å². The Morgan fingerprint density at radius 3 is 2.66 bits per heavy atom. The normalized spacial score (nSPS) is 11.3. The summed E-state index contributed by atoms with van der Waals surface area (Å²) < 4.78 is 1.53. The van der Waals surface area contributed by atoms with Gasteiger partial charge in [0.05, 0.1) is 16.7 Å². The van der Waals surface area contributed by atoms with Gasteiger partial charge in [-0.25, -0.2) is 4.98 Å². The summed E-state index contributed by atoms with van der Waals surface area (Å²) in [6, 6.07) is 18.9. The molecule has 0 radical (unpaired) electrons. The van der Waals surface area contributed by atoms with Crippen molar-refractivity contribution >= 4 is 27.6 Å². The van der Waals surface area contributed by atoms with Gasteiger partial charge in [0.1, 0.15) is 5.69 Å². The maximum Gasteiger partial charge on any atom is 0.250 e. The molecule has 2 N–H and O–H groups in total. The number of pyridine rings is 1. The molecule has 3 heterocycles. The Morgan fingerprint density at radius 1 is 1.03 bits per heavy atom. The molecule has 6 nitrogen and oxygen atoms in total. The maximum absolute atomic E-state index is 12.7. The minimum atomic E-state index is -0.0740. The van der Waals surface area contributed by atoms with Gasteiger partial charge in [-0.2, -0.15) is 0 Å². The van der Waals surface area contributed by atoms with Gasteiger partial charge >= 0.3 is 0 Å². The van der Waals surface area contributed by atoms with Crippen molar-refractivity contribution in [1.29, 1.82) is 0 Å². The van der Waals surface area contributed by atoms with Gasteiger partial charge in [-0.1, -0.05) is 30.3 Å². The zero-order chi connectivity index (χ0) is 20.0. The number of Topliss-reactive ketones (excluding diaryl/α,β-unsaturated/α-hetero) is 1. The fourth-order valence-electron chi connectivity index (χ4n) is 3.58. The van der Waals surface area contributed by atoms with Crippen molar-refractivity contribution in [3.05, 3.63) is 88.5 Å². The van der Waals surface area contributed by atoms with Crippen LogP contribution in [0.4, 0.5) is 0 Å². The zero-order valence-electron chi connectivity index (χ0n) is 15.8. The molecule has 2 aromatic carbocycles. The monoisotopic (exact) mass is 382 g/mol. The summed E-state index contributed by atoms with van der Waals surface area (Å²) >= 11 is 0. The highest BCUT2D eigenvalue weighted by Gasteiger charge is 2.15. The minimum absolute atomic E-state index is 0.00518. The molecule has 5 rings (SSSR count). The molecule has 0 saturated heterocycles. The van der Waals surface area contributed by atoms with Crippen molar-refractivity contribution < 1.29 is 4.79 Å². The molecule has 0 aliphatic heterocycles. The number of H-pyrrole nitrogens is 2. The molecule has 0 amide bonds. The fourth-order valence-corrected chi connectivity index (χ4v) is 3.58. The predicted octanol–water partition coefficient (Wildman–Crippen LogP) is 3.84. The first-order chi connectivity index (χ1) is 14.1. The second kappa shape index (κ2) is 6.60. The Labute approximate surface area is 165 Å². The molecule has 5 aromatic rings. The Hall–Kier alpha value is -3.93. The van der Waals surface area contributed by atoms with Gasteiger partial charge < -0.3 is 9.67 Å². The zero-order valence-corrected chi connectivity index (χ0v) is 15.8. The number of carbonyl (C=O) groups is 1. The van der Waals surface area contributed by atoms with Gasteiger partial charge in [0.2, 0.25) is 0 Å². The summed E-state index contributed by atoms with van der Waals surface area (Å²) in [5.74, 6) is -0.00518. The van der Waals surface area contributed by atoms with Crippen LogP contribution in [0.2, 0.25) is 0 Å². The molecule has 3 aromatic heterocycles. The Balaban J connectivity index is 1.55. The first kappa shape index (κ1) is 17.2. The van der Waals surface area contributed by atoms with Crippen molar-refractivity contribution in [2.75, 3.05) is 0 Å². The van der Waals surface area contributed by atoms with Gasteiger partial charge in [-0.3, -0.25) is 14.7 Å². The quantitative estimate of drug-likeness (QED) is 0.463. The van der Waals surface area contributed by atoms with Crippen LogP contribution in [0.3, 0.4) is 0 Å². The van der Waals surface area contributed by atoms with E-state index >= 15 is 0 Å². The number of nitrogens with zero attached hydrogens (tertiary/aromatic N) is 2. The van der Waals surface area contributed by atoms with E-state index in [0.29, 0.717) is 12.1 Å². The van der Waals surface area contributed by atoms with E-state index in [9.17, 15) is 9.59 Å². The second-order valence-electron chi connectivity index (χ2n) is 7.17. The molecule has 0 saturated carbocycles. The van der Waals surface area contributed by atoms with Crippen LogP contribution in [-0.4, -0.2) is 25.5 Å². The number of carbonyl (C=O) groups excluding carboxylic acids is 1. The van der Waals surface area contributed by atoms with Crippen molar-refractivity contribution in [1.82, 2.24) is 19.7 Å². The molecule has 0 unspecified atom stereocenters. The molecular weight excluding hydrogens is 364 g/mol. The van der Waals surface area contributed by atoms with Crippen LogP contribution in [0, 0.1) is 0 Å². The number of aryl methyl sites for hydroxylation is 1. The van der Waals surface area contributed by atoms with Crippen LogP contribution in [0.15, 0.2) is 71.7 Å². The van der Waals surface area contributed by atoms with E-state index in [4.69, 9.17) is 0 Å². The summed E-state index contributed by atoms with van der Waals surface area (Å²) in [5.41, 5.74) is 4.63. The third-order valence-electron chi connectivity index (χ3n) is 5.18. The van der Waals surface area contributed by atoms with Crippen LogP contribution in [0.1, 0.15) is 16.1 Å². The highest BCUT2D eigenvalue weighted by Crippen LogP contribution is 2.29. The molecule has 0 bridgehead atoms. The lowest BCUT2D eigenvalue weighted by molar-refractivity contribution is 0.0989. The number of rotatable bonds is 4. The average Bonchev–Trinajstić information content (AvgIpc) is 3.32. The Morgan fingerprint density at radius 2 is 1.86 bits per heavy atom. The SMILES string of the molecule is Cn1ccc(-c2[nH][nH]c3cc4nc(C(=O)Cc5ccccc5)cc4cc23)cc1=O. The summed E-state index contributed by atoms with van der Waals surface area (Å²) in [6.45, 7) is 0. The molecule has 29 heavy (non-hydrogen) atoms. The summed E-state index contributed by atoms with van der Waals surface area (Å²) in [4.78, 5) is 29.2. The van der Waals surface area contributed by atoms with E-state index in [1.54, 1.807) is 19.3 Å². The van der Waals surface area contributed by atoms with Crippen molar-refractivity contribution in [2.45, 2.75) is 6.42 Å². The number of ketones is 1. The number of nitrogens with one attached hydrogen (secondary N) is 2. The van der Waals surface area contributed by atoms with E-state index in [0.717, 1.165) is 38.6 Å². The molecule has 0 spiro atoms. The fraction of sp³-hybridized carbons (Fsp3) is 0.0870.